The third kappa shape index (κ3) is 4.01. The highest BCUT2D eigenvalue weighted by atomic mass is 35.5. The largest absolute Gasteiger partial charge is 0.497 e. The number of aromatic nitrogens is 4. The highest BCUT2D eigenvalue weighted by Crippen LogP contribution is 2.20. The lowest BCUT2D eigenvalue weighted by Crippen LogP contribution is -2.01. The van der Waals surface area contributed by atoms with E-state index in [1.165, 1.54) is 6.20 Å². The standard InChI is InChI=1S/C20H18ClN5O/c1-27-16-5-2-13(3-6-16)9-22-18-7-4-14(10-23-18)8-15-11-24-20-19(15)26-17(21)12-25-20/h2-7,10-12H,8-9H2,1H3,(H,22,23)(H,24,25). The molecule has 0 saturated carbocycles. The van der Waals surface area contributed by atoms with Crippen LogP contribution in [0, 0.1) is 0 Å². The summed E-state index contributed by atoms with van der Waals surface area (Å²) >= 11 is 5.96. The first-order valence-corrected chi connectivity index (χ1v) is 8.89. The number of nitrogens with zero attached hydrogens (tertiary/aromatic N) is 3. The second kappa shape index (κ2) is 7.63. The van der Waals surface area contributed by atoms with Gasteiger partial charge in [0.2, 0.25) is 0 Å². The van der Waals surface area contributed by atoms with Crippen LogP contribution in [-0.2, 0) is 13.0 Å². The van der Waals surface area contributed by atoms with Crippen molar-refractivity contribution in [3.8, 4) is 5.75 Å². The number of H-pyrrole nitrogens is 1. The fourth-order valence-corrected chi connectivity index (χ4v) is 2.98. The van der Waals surface area contributed by atoms with Gasteiger partial charge in [-0.3, -0.25) is 0 Å². The van der Waals surface area contributed by atoms with Crippen molar-refractivity contribution >= 4 is 28.6 Å². The number of halogens is 1. The first-order chi connectivity index (χ1) is 13.2. The van der Waals surface area contributed by atoms with Crippen LogP contribution in [0.25, 0.3) is 11.2 Å². The molecule has 4 aromatic rings. The predicted octanol–water partition coefficient (Wildman–Crippen LogP) is 4.22. The number of anilines is 1. The summed E-state index contributed by atoms with van der Waals surface area (Å²) in [5, 5.41) is 3.71. The monoisotopic (exact) mass is 379 g/mol. The molecule has 0 aliphatic carbocycles. The molecule has 2 N–H and O–H groups in total. The molecule has 136 valence electrons. The Morgan fingerprint density at radius 2 is 1.85 bits per heavy atom. The van der Waals surface area contributed by atoms with Gasteiger partial charge in [-0.15, -0.1) is 0 Å². The quantitative estimate of drug-likeness (QED) is 0.524. The van der Waals surface area contributed by atoms with Crippen molar-refractivity contribution in [1.29, 1.82) is 0 Å². The molecule has 0 saturated heterocycles. The van der Waals surface area contributed by atoms with Gasteiger partial charge in [0.25, 0.3) is 0 Å². The molecular weight excluding hydrogens is 362 g/mol. The summed E-state index contributed by atoms with van der Waals surface area (Å²) in [6.45, 7) is 0.701. The smallest absolute Gasteiger partial charge is 0.156 e. The van der Waals surface area contributed by atoms with Crippen molar-refractivity contribution in [2.24, 2.45) is 0 Å². The second-order valence-corrected chi connectivity index (χ2v) is 6.52. The summed E-state index contributed by atoms with van der Waals surface area (Å²) < 4.78 is 5.17. The van der Waals surface area contributed by atoms with E-state index < -0.39 is 0 Å². The Hall–Kier alpha value is -3.12. The summed E-state index contributed by atoms with van der Waals surface area (Å²) in [5.41, 5.74) is 4.83. The Kier molecular flexibility index (Phi) is 4.89. The number of rotatable bonds is 6. The molecule has 0 spiro atoms. The van der Waals surface area contributed by atoms with Crippen molar-refractivity contribution in [1.82, 2.24) is 19.9 Å². The molecule has 0 unspecified atom stereocenters. The Bertz CT molecular complexity index is 1040. The molecule has 0 aliphatic rings. The van der Waals surface area contributed by atoms with E-state index in [-0.39, 0.29) is 0 Å². The van der Waals surface area contributed by atoms with E-state index in [2.05, 4.69) is 31.3 Å². The molecule has 0 amide bonds. The molecule has 0 bridgehead atoms. The summed E-state index contributed by atoms with van der Waals surface area (Å²) in [6, 6.07) is 12.0. The van der Waals surface area contributed by atoms with Crippen molar-refractivity contribution in [2.45, 2.75) is 13.0 Å². The van der Waals surface area contributed by atoms with Gasteiger partial charge in [0.05, 0.1) is 13.3 Å². The van der Waals surface area contributed by atoms with E-state index >= 15 is 0 Å². The molecule has 1 aromatic carbocycles. The van der Waals surface area contributed by atoms with Crippen LogP contribution in [0.2, 0.25) is 5.15 Å². The number of methoxy groups -OCH3 is 1. The van der Waals surface area contributed by atoms with Gasteiger partial charge >= 0.3 is 0 Å². The maximum atomic E-state index is 5.96. The van der Waals surface area contributed by atoms with Crippen molar-refractivity contribution in [2.75, 3.05) is 12.4 Å². The Labute approximate surface area is 161 Å². The molecule has 3 heterocycles. The zero-order valence-electron chi connectivity index (χ0n) is 14.7. The van der Waals surface area contributed by atoms with Crippen LogP contribution in [0.5, 0.6) is 5.75 Å². The van der Waals surface area contributed by atoms with Gasteiger partial charge in [-0.2, -0.15) is 0 Å². The van der Waals surface area contributed by atoms with Gasteiger partial charge in [0, 0.05) is 30.9 Å². The zero-order chi connectivity index (χ0) is 18.6. The molecule has 27 heavy (non-hydrogen) atoms. The maximum absolute atomic E-state index is 5.96. The number of pyridine rings is 1. The van der Waals surface area contributed by atoms with Crippen LogP contribution in [0.15, 0.2) is 55.0 Å². The highest BCUT2D eigenvalue weighted by molar-refractivity contribution is 6.29. The Morgan fingerprint density at radius 3 is 2.59 bits per heavy atom. The minimum absolute atomic E-state index is 0.388. The number of hydrogen-bond donors (Lipinski definition) is 2. The molecule has 7 heteroatoms. The van der Waals surface area contributed by atoms with E-state index in [4.69, 9.17) is 16.3 Å². The van der Waals surface area contributed by atoms with Crippen LogP contribution in [0.4, 0.5) is 5.82 Å². The summed E-state index contributed by atoms with van der Waals surface area (Å²) in [7, 11) is 1.66. The fraction of sp³-hybridized carbons (Fsp3) is 0.150. The van der Waals surface area contributed by atoms with Gasteiger partial charge in [0.1, 0.15) is 22.2 Å². The first-order valence-electron chi connectivity index (χ1n) is 8.51. The topological polar surface area (TPSA) is 75.7 Å². The van der Waals surface area contributed by atoms with Gasteiger partial charge in [-0.25, -0.2) is 15.0 Å². The zero-order valence-corrected chi connectivity index (χ0v) is 15.5. The normalized spacial score (nSPS) is 10.9. The van der Waals surface area contributed by atoms with Gasteiger partial charge < -0.3 is 15.0 Å². The van der Waals surface area contributed by atoms with E-state index in [1.54, 1.807) is 7.11 Å². The van der Waals surface area contributed by atoms with Crippen molar-refractivity contribution in [3.63, 3.8) is 0 Å². The predicted molar refractivity (Wildman–Crippen MR) is 106 cm³/mol. The van der Waals surface area contributed by atoms with E-state index in [0.717, 1.165) is 39.4 Å². The fourth-order valence-electron chi connectivity index (χ4n) is 2.85. The number of benzene rings is 1. The number of hydrogen-bond acceptors (Lipinski definition) is 5. The Morgan fingerprint density at radius 1 is 1.04 bits per heavy atom. The molecule has 0 radical (unpaired) electrons. The van der Waals surface area contributed by atoms with E-state index in [9.17, 15) is 0 Å². The lowest BCUT2D eigenvalue weighted by Gasteiger charge is -2.07. The first kappa shape index (κ1) is 17.3. The van der Waals surface area contributed by atoms with Crippen molar-refractivity contribution < 1.29 is 4.74 Å². The second-order valence-electron chi connectivity index (χ2n) is 6.13. The molecule has 4 rings (SSSR count). The third-order valence-corrected chi connectivity index (χ3v) is 4.46. The van der Waals surface area contributed by atoms with Gasteiger partial charge in [-0.1, -0.05) is 29.8 Å². The SMILES string of the molecule is COc1ccc(CNc2ccc(Cc3c[nH]c4ncc(Cl)nc34)cn2)cc1. The minimum atomic E-state index is 0.388. The van der Waals surface area contributed by atoms with Crippen LogP contribution >= 0.6 is 11.6 Å². The number of fused-ring (bicyclic) bond motifs is 1. The molecule has 6 nitrogen and oxygen atoms in total. The lowest BCUT2D eigenvalue weighted by atomic mass is 10.1. The lowest BCUT2D eigenvalue weighted by molar-refractivity contribution is 0.414. The minimum Gasteiger partial charge on any atom is -0.497 e. The van der Waals surface area contributed by atoms with Crippen LogP contribution < -0.4 is 10.1 Å². The van der Waals surface area contributed by atoms with Crippen molar-refractivity contribution in [3.05, 3.63) is 76.8 Å². The average molecular weight is 380 g/mol. The summed E-state index contributed by atoms with van der Waals surface area (Å²) in [5.74, 6) is 1.68. The van der Waals surface area contributed by atoms with Gasteiger partial charge in [0.15, 0.2) is 5.65 Å². The number of ether oxygens (including phenoxy) is 1. The molecule has 0 fully saturated rings. The van der Waals surface area contributed by atoms with Crippen LogP contribution in [0.1, 0.15) is 16.7 Å². The summed E-state index contributed by atoms with van der Waals surface area (Å²) in [6.07, 6.45) is 6.03. The average Bonchev–Trinajstić information content (AvgIpc) is 3.10. The summed E-state index contributed by atoms with van der Waals surface area (Å²) in [4.78, 5) is 16.2. The molecule has 0 atom stereocenters. The van der Waals surface area contributed by atoms with Crippen LogP contribution in [-0.4, -0.2) is 27.0 Å². The number of aromatic amines is 1. The van der Waals surface area contributed by atoms with E-state index in [1.807, 2.05) is 42.7 Å². The highest BCUT2D eigenvalue weighted by Gasteiger charge is 2.08. The number of nitrogens with one attached hydrogen (secondary N) is 2. The molecule has 3 aromatic heterocycles. The molecular formula is C20H18ClN5O. The van der Waals surface area contributed by atoms with E-state index in [0.29, 0.717) is 18.1 Å². The van der Waals surface area contributed by atoms with Crippen LogP contribution in [0.3, 0.4) is 0 Å². The maximum Gasteiger partial charge on any atom is 0.156 e. The third-order valence-electron chi connectivity index (χ3n) is 4.28. The van der Waals surface area contributed by atoms with Gasteiger partial charge in [-0.05, 0) is 29.3 Å². The molecule has 0 aliphatic heterocycles. The Balaban J connectivity index is 1.41.